The highest BCUT2D eigenvalue weighted by molar-refractivity contribution is 5.71. The first-order valence-corrected chi connectivity index (χ1v) is 3.25. The molecule has 0 saturated carbocycles. The molecular weight excluding hydrogens is 184 g/mol. The molecule has 0 aromatic heterocycles. The van der Waals surface area contributed by atoms with Gasteiger partial charge >= 0.3 is 5.97 Å². The van der Waals surface area contributed by atoms with E-state index >= 15 is 0 Å². The number of carboxylic acids is 1. The highest BCUT2D eigenvalue weighted by Gasteiger charge is 2.08. The maximum atomic E-state index is 9.52. The summed E-state index contributed by atoms with van der Waals surface area (Å²) in [6, 6.07) is 0. The number of aliphatic hydroxyl groups excluding tert-OH is 4. The second-order valence-corrected chi connectivity index (χ2v) is 1.92. The molecule has 0 saturated heterocycles. The summed E-state index contributed by atoms with van der Waals surface area (Å²) in [6.45, 7) is -1.21. The molecule has 0 bridgehead atoms. The first kappa shape index (κ1) is 14.5. The van der Waals surface area contributed by atoms with Gasteiger partial charge in [0.05, 0.1) is 13.2 Å². The lowest BCUT2D eigenvalue weighted by molar-refractivity contribution is -0.148. The fraction of sp³-hybridized carbons (Fsp3) is 0.667. The topological polar surface area (TPSA) is 135 Å². The molecule has 5 N–H and O–H groups in total. The standard InChI is InChI=1S/C3H6O4.C3H6O3/c4-1-2(5)3(6)7;4-1-3(6)2-5/h2,4-5H,1H2,(H,6,7);1,3,5-6H,2H2. The van der Waals surface area contributed by atoms with Crippen molar-refractivity contribution in [3.05, 3.63) is 0 Å². The van der Waals surface area contributed by atoms with E-state index in [9.17, 15) is 9.59 Å². The summed E-state index contributed by atoms with van der Waals surface area (Å²) in [4.78, 5) is 18.8. The molecule has 0 fully saturated rings. The first-order chi connectivity index (χ1) is 5.99. The Labute approximate surface area is 73.9 Å². The molecule has 13 heavy (non-hydrogen) atoms. The largest absolute Gasteiger partial charge is 0.479 e. The average Bonchev–Trinajstić information content (AvgIpc) is 2.16. The Morgan fingerprint density at radius 3 is 1.69 bits per heavy atom. The number of aliphatic carboxylic acids is 1. The number of rotatable bonds is 4. The van der Waals surface area contributed by atoms with Gasteiger partial charge in [0.25, 0.3) is 0 Å². The van der Waals surface area contributed by atoms with E-state index in [-0.39, 0.29) is 6.29 Å². The van der Waals surface area contributed by atoms with Gasteiger partial charge in [0.15, 0.2) is 12.4 Å². The van der Waals surface area contributed by atoms with Gasteiger partial charge in [-0.05, 0) is 0 Å². The van der Waals surface area contributed by atoms with E-state index in [0.29, 0.717) is 0 Å². The van der Waals surface area contributed by atoms with Crippen LogP contribution in [0.4, 0.5) is 0 Å². The van der Waals surface area contributed by atoms with E-state index in [2.05, 4.69) is 0 Å². The summed E-state index contributed by atoms with van der Waals surface area (Å²) in [5.41, 5.74) is 0. The van der Waals surface area contributed by atoms with Gasteiger partial charge in [-0.2, -0.15) is 0 Å². The number of hydrogen-bond acceptors (Lipinski definition) is 6. The van der Waals surface area contributed by atoms with Crippen LogP contribution in [0, 0.1) is 0 Å². The molecule has 2 unspecified atom stereocenters. The number of aliphatic hydroxyl groups is 4. The number of carbonyl (C=O) groups excluding carboxylic acids is 1. The van der Waals surface area contributed by atoms with Gasteiger partial charge in [0, 0.05) is 0 Å². The summed E-state index contributed by atoms with van der Waals surface area (Å²) in [6.07, 6.45) is -2.54. The van der Waals surface area contributed by atoms with E-state index in [4.69, 9.17) is 25.5 Å². The lowest BCUT2D eigenvalue weighted by Crippen LogP contribution is -2.22. The minimum absolute atomic E-state index is 0.278. The predicted molar refractivity (Wildman–Crippen MR) is 39.9 cm³/mol. The van der Waals surface area contributed by atoms with Crippen molar-refractivity contribution in [3.63, 3.8) is 0 Å². The predicted octanol–water partition coefficient (Wildman–Crippen LogP) is -3.04. The van der Waals surface area contributed by atoms with E-state index in [1.54, 1.807) is 0 Å². The highest BCUT2D eigenvalue weighted by atomic mass is 16.4. The molecule has 0 aliphatic rings. The number of carboxylic acid groups (broad SMARTS) is 1. The quantitative estimate of drug-likeness (QED) is 0.301. The van der Waals surface area contributed by atoms with E-state index in [0.717, 1.165) is 0 Å². The van der Waals surface area contributed by atoms with Crippen LogP contribution < -0.4 is 0 Å². The van der Waals surface area contributed by atoms with E-state index < -0.39 is 31.4 Å². The van der Waals surface area contributed by atoms with Crippen LogP contribution in [0.25, 0.3) is 0 Å². The monoisotopic (exact) mass is 196 g/mol. The van der Waals surface area contributed by atoms with Crippen LogP contribution >= 0.6 is 0 Å². The summed E-state index contributed by atoms with van der Waals surface area (Å²) in [7, 11) is 0. The van der Waals surface area contributed by atoms with Gasteiger partial charge in [0.1, 0.15) is 6.10 Å². The van der Waals surface area contributed by atoms with Crippen molar-refractivity contribution in [1.82, 2.24) is 0 Å². The molecule has 0 heterocycles. The molecule has 0 aromatic rings. The Morgan fingerprint density at radius 2 is 1.69 bits per heavy atom. The molecule has 0 radical (unpaired) electrons. The zero-order valence-electron chi connectivity index (χ0n) is 6.70. The third-order valence-corrected chi connectivity index (χ3v) is 0.802. The summed E-state index contributed by atoms with van der Waals surface area (Å²) in [5, 5.41) is 39.6. The maximum Gasteiger partial charge on any atom is 0.334 e. The zero-order chi connectivity index (χ0) is 10.9. The van der Waals surface area contributed by atoms with Crippen LogP contribution in [0.5, 0.6) is 0 Å². The van der Waals surface area contributed by atoms with Crippen molar-refractivity contribution in [3.8, 4) is 0 Å². The van der Waals surface area contributed by atoms with Crippen molar-refractivity contribution in [2.75, 3.05) is 13.2 Å². The molecule has 0 aliphatic heterocycles. The minimum atomic E-state index is -1.63. The van der Waals surface area contributed by atoms with Gasteiger partial charge in [-0.15, -0.1) is 0 Å². The molecule has 0 aromatic carbocycles. The maximum absolute atomic E-state index is 9.52. The van der Waals surface area contributed by atoms with Gasteiger partial charge in [-0.3, -0.25) is 0 Å². The number of carbonyl (C=O) groups is 2. The Morgan fingerprint density at radius 1 is 1.23 bits per heavy atom. The molecule has 78 valence electrons. The number of aldehydes is 1. The molecule has 7 nitrogen and oxygen atoms in total. The average molecular weight is 196 g/mol. The minimum Gasteiger partial charge on any atom is -0.479 e. The molecular formula is C6H12O7. The van der Waals surface area contributed by atoms with Crippen LogP contribution in [-0.4, -0.2) is 63.2 Å². The highest BCUT2D eigenvalue weighted by Crippen LogP contribution is 1.75. The Bertz CT molecular complexity index is 146. The van der Waals surface area contributed by atoms with Crippen molar-refractivity contribution in [2.24, 2.45) is 0 Å². The zero-order valence-corrected chi connectivity index (χ0v) is 6.70. The Balaban J connectivity index is 0. The lowest BCUT2D eigenvalue weighted by Gasteiger charge is -1.95. The molecule has 2 atom stereocenters. The summed E-state index contributed by atoms with van der Waals surface area (Å²) >= 11 is 0. The van der Waals surface area contributed by atoms with Crippen LogP contribution in [0.2, 0.25) is 0 Å². The van der Waals surface area contributed by atoms with E-state index in [1.165, 1.54) is 0 Å². The molecule has 0 aliphatic carbocycles. The normalized spacial score (nSPS) is 13.5. The van der Waals surface area contributed by atoms with Gasteiger partial charge in [0.2, 0.25) is 0 Å². The summed E-state index contributed by atoms with van der Waals surface area (Å²) in [5.74, 6) is -1.40. The second kappa shape index (κ2) is 9.07. The smallest absolute Gasteiger partial charge is 0.334 e. The van der Waals surface area contributed by atoms with Crippen LogP contribution in [0.15, 0.2) is 0 Å². The van der Waals surface area contributed by atoms with Crippen LogP contribution in [0.1, 0.15) is 0 Å². The fourth-order valence-electron chi connectivity index (χ4n) is 0.121. The molecule has 0 rings (SSSR count). The SMILES string of the molecule is O=C(O)C(O)CO.O=CC(O)CO. The van der Waals surface area contributed by atoms with Gasteiger partial charge in [-0.1, -0.05) is 0 Å². The number of hydrogen-bond donors (Lipinski definition) is 5. The van der Waals surface area contributed by atoms with Gasteiger partial charge < -0.3 is 30.3 Å². The third kappa shape index (κ3) is 11.0. The summed E-state index contributed by atoms with van der Waals surface area (Å²) < 4.78 is 0. The van der Waals surface area contributed by atoms with Crippen LogP contribution in [0.3, 0.4) is 0 Å². The van der Waals surface area contributed by atoms with Crippen LogP contribution in [-0.2, 0) is 9.59 Å². The van der Waals surface area contributed by atoms with E-state index in [1.807, 2.05) is 0 Å². The lowest BCUT2D eigenvalue weighted by atomic mass is 10.4. The molecule has 7 heteroatoms. The van der Waals surface area contributed by atoms with Crippen molar-refractivity contribution in [2.45, 2.75) is 12.2 Å². The van der Waals surface area contributed by atoms with Crippen molar-refractivity contribution < 1.29 is 35.1 Å². The first-order valence-electron chi connectivity index (χ1n) is 3.25. The third-order valence-electron chi connectivity index (χ3n) is 0.802. The van der Waals surface area contributed by atoms with Gasteiger partial charge in [-0.25, -0.2) is 4.79 Å². The molecule has 0 spiro atoms. The molecule has 0 amide bonds. The Kier molecular flexibility index (Phi) is 10.1. The Hall–Kier alpha value is -1.02. The van der Waals surface area contributed by atoms with Crippen molar-refractivity contribution in [1.29, 1.82) is 0 Å². The van der Waals surface area contributed by atoms with Crippen molar-refractivity contribution >= 4 is 12.3 Å². The fourth-order valence-corrected chi connectivity index (χ4v) is 0.121. The second-order valence-electron chi connectivity index (χ2n) is 1.92.